The van der Waals surface area contributed by atoms with E-state index >= 15 is 0 Å². The second kappa shape index (κ2) is 5.88. The minimum absolute atomic E-state index is 0.268. The predicted molar refractivity (Wildman–Crippen MR) is 61.9 cm³/mol. The average Bonchev–Trinajstić information content (AvgIpc) is 2.52. The van der Waals surface area contributed by atoms with E-state index in [1.165, 1.54) is 0 Å². The van der Waals surface area contributed by atoms with Gasteiger partial charge in [-0.15, -0.1) is 23.2 Å². The Bertz CT molecular complexity index is 378. The Hall–Kier alpha value is -0.530. The number of hydrogen-bond donors (Lipinski definition) is 1. The van der Waals surface area contributed by atoms with Crippen LogP contribution >= 0.6 is 23.2 Å². The van der Waals surface area contributed by atoms with E-state index in [1.807, 2.05) is 0 Å². The van der Waals surface area contributed by atoms with Crippen LogP contribution in [0.2, 0.25) is 0 Å². The zero-order valence-electron chi connectivity index (χ0n) is 8.69. The number of amides is 1. The van der Waals surface area contributed by atoms with E-state index in [-0.39, 0.29) is 23.3 Å². The number of sulfone groups is 1. The van der Waals surface area contributed by atoms with Crippen LogP contribution in [-0.2, 0) is 24.2 Å². The van der Waals surface area contributed by atoms with Crippen LogP contribution in [-0.4, -0.2) is 55.7 Å². The number of halogens is 2. The largest absolute Gasteiger partial charge is 0.458 e. The van der Waals surface area contributed by atoms with Crippen molar-refractivity contribution in [3.05, 3.63) is 0 Å². The van der Waals surface area contributed by atoms with Gasteiger partial charge in [0.05, 0.1) is 17.5 Å². The minimum atomic E-state index is -3.33. The van der Waals surface area contributed by atoms with Gasteiger partial charge in [0, 0.05) is 0 Å². The number of esters is 1. The van der Waals surface area contributed by atoms with Crippen LogP contribution in [0.4, 0.5) is 0 Å². The van der Waals surface area contributed by atoms with Gasteiger partial charge in [-0.05, 0) is 0 Å². The van der Waals surface area contributed by atoms with Crippen LogP contribution < -0.4 is 5.32 Å². The third-order valence-electron chi connectivity index (χ3n) is 2.16. The number of hydrogen-bond acceptors (Lipinski definition) is 5. The molecule has 2 atom stereocenters. The van der Waals surface area contributed by atoms with Crippen molar-refractivity contribution in [1.82, 2.24) is 5.32 Å². The first-order chi connectivity index (χ1) is 7.88. The SMILES string of the molecule is O=C(CCl)N[C@@H]1CS(=O)(=O)C[C@H]1OC(=O)CCl. The summed E-state index contributed by atoms with van der Waals surface area (Å²) in [5.74, 6) is -2.47. The molecule has 0 aromatic rings. The van der Waals surface area contributed by atoms with E-state index in [0.717, 1.165) is 0 Å². The normalized spacial score (nSPS) is 26.5. The molecule has 0 bridgehead atoms. The molecule has 1 aliphatic rings. The quantitative estimate of drug-likeness (QED) is 0.547. The molecular weight excluding hydrogens is 293 g/mol. The van der Waals surface area contributed by atoms with Crippen LogP contribution in [0.25, 0.3) is 0 Å². The fourth-order valence-corrected chi connectivity index (χ4v) is 3.43. The summed E-state index contributed by atoms with van der Waals surface area (Å²) in [6.45, 7) is 0. The van der Waals surface area contributed by atoms with Crippen molar-refractivity contribution >= 4 is 44.9 Å². The molecule has 98 valence electrons. The lowest BCUT2D eigenvalue weighted by atomic mass is 10.2. The number of rotatable bonds is 4. The lowest BCUT2D eigenvalue weighted by molar-refractivity contribution is -0.146. The molecule has 0 saturated carbocycles. The van der Waals surface area contributed by atoms with E-state index in [0.29, 0.717) is 0 Å². The molecule has 0 radical (unpaired) electrons. The van der Waals surface area contributed by atoms with E-state index in [2.05, 4.69) is 5.32 Å². The van der Waals surface area contributed by atoms with Gasteiger partial charge >= 0.3 is 5.97 Å². The second-order valence-electron chi connectivity index (χ2n) is 3.55. The highest BCUT2D eigenvalue weighted by atomic mass is 35.5. The van der Waals surface area contributed by atoms with Crippen LogP contribution in [0.15, 0.2) is 0 Å². The van der Waals surface area contributed by atoms with E-state index in [1.54, 1.807) is 0 Å². The average molecular weight is 304 g/mol. The third kappa shape index (κ3) is 4.33. The molecule has 1 heterocycles. The Kier molecular flexibility index (Phi) is 5.03. The highest BCUT2D eigenvalue weighted by Crippen LogP contribution is 2.16. The summed E-state index contributed by atoms with van der Waals surface area (Å²) in [4.78, 5) is 22.1. The van der Waals surface area contributed by atoms with E-state index in [4.69, 9.17) is 27.9 Å². The van der Waals surface area contributed by atoms with Crippen molar-refractivity contribution in [1.29, 1.82) is 0 Å². The van der Waals surface area contributed by atoms with Gasteiger partial charge in [-0.3, -0.25) is 9.59 Å². The van der Waals surface area contributed by atoms with Crippen molar-refractivity contribution < 1.29 is 22.7 Å². The lowest BCUT2D eigenvalue weighted by Gasteiger charge is -2.18. The van der Waals surface area contributed by atoms with Crippen molar-refractivity contribution in [2.24, 2.45) is 0 Å². The molecule has 6 nitrogen and oxygen atoms in total. The zero-order valence-corrected chi connectivity index (χ0v) is 11.0. The van der Waals surface area contributed by atoms with Gasteiger partial charge in [0.2, 0.25) is 5.91 Å². The van der Waals surface area contributed by atoms with Gasteiger partial charge < -0.3 is 10.1 Å². The van der Waals surface area contributed by atoms with Gasteiger partial charge in [0.1, 0.15) is 17.9 Å². The Morgan fingerprint density at radius 1 is 1.24 bits per heavy atom. The minimum Gasteiger partial charge on any atom is -0.458 e. The number of carbonyl (C=O) groups excluding carboxylic acids is 2. The molecule has 17 heavy (non-hydrogen) atoms. The second-order valence-corrected chi connectivity index (χ2v) is 6.23. The number of ether oxygens (including phenoxy) is 1. The van der Waals surface area contributed by atoms with Crippen LogP contribution in [0.1, 0.15) is 0 Å². The Morgan fingerprint density at radius 2 is 1.88 bits per heavy atom. The first kappa shape index (κ1) is 14.5. The Labute approximate surface area is 109 Å². The fourth-order valence-electron chi connectivity index (χ4n) is 1.51. The van der Waals surface area contributed by atoms with E-state index in [9.17, 15) is 18.0 Å². The maximum Gasteiger partial charge on any atom is 0.321 e. The van der Waals surface area contributed by atoms with E-state index < -0.39 is 33.9 Å². The molecule has 1 aliphatic heterocycles. The summed E-state index contributed by atoms with van der Waals surface area (Å²) >= 11 is 10.5. The summed E-state index contributed by atoms with van der Waals surface area (Å²) in [6.07, 6.45) is -0.904. The molecule has 1 N–H and O–H groups in total. The number of nitrogens with one attached hydrogen (secondary N) is 1. The predicted octanol–water partition coefficient (Wildman–Crippen LogP) is -0.711. The Morgan fingerprint density at radius 3 is 2.41 bits per heavy atom. The highest BCUT2D eigenvalue weighted by Gasteiger charge is 2.40. The molecule has 1 saturated heterocycles. The molecule has 0 unspecified atom stereocenters. The number of alkyl halides is 2. The van der Waals surface area contributed by atoms with Gasteiger partial charge in [0.25, 0.3) is 0 Å². The molecule has 0 aromatic carbocycles. The molecule has 9 heteroatoms. The monoisotopic (exact) mass is 303 g/mol. The Balaban J connectivity index is 2.71. The summed E-state index contributed by atoms with van der Waals surface area (Å²) in [5, 5.41) is 2.39. The van der Waals surface area contributed by atoms with Crippen molar-refractivity contribution in [3.63, 3.8) is 0 Å². The summed E-state index contributed by atoms with van der Waals surface area (Å²) in [6, 6.07) is -0.765. The molecule has 1 rings (SSSR count). The summed E-state index contributed by atoms with van der Waals surface area (Å²) in [7, 11) is -3.33. The topological polar surface area (TPSA) is 89.5 Å². The molecule has 0 spiro atoms. The molecular formula is C8H11Cl2NO5S. The van der Waals surface area contributed by atoms with Gasteiger partial charge in [-0.25, -0.2) is 8.42 Å². The van der Waals surface area contributed by atoms with Crippen LogP contribution in [0.3, 0.4) is 0 Å². The number of carbonyl (C=O) groups is 2. The maximum absolute atomic E-state index is 11.4. The van der Waals surface area contributed by atoms with Crippen LogP contribution in [0.5, 0.6) is 0 Å². The summed E-state index contributed by atoms with van der Waals surface area (Å²) in [5.41, 5.74) is 0. The van der Waals surface area contributed by atoms with Crippen molar-refractivity contribution in [3.8, 4) is 0 Å². The van der Waals surface area contributed by atoms with Crippen molar-refractivity contribution in [2.75, 3.05) is 23.3 Å². The standard InChI is InChI=1S/C8H11Cl2NO5S/c9-1-7(12)11-5-3-17(14,15)4-6(5)16-8(13)2-10/h5-6H,1-4H2,(H,11,12)/t5-,6-/m1/s1. The van der Waals surface area contributed by atoms with Gasteiger partial charge in [0.15, 0.2) is 9.84 Å². The molecule has 0 aromatic heterocycles. The maximum atomic E-state index is 11.4. The highest BCUT2D eigenvalue weighted by molar-refractivity contribution is 7.91. The molecule has 1 amide bonds. The third-order valence-corrected chi connectivity index (χ3v) is 4.32. The fraction of sp³-hybridized carbons (Fsp3) is 0.750. The summed E-state index contributed by atoms with van der Waals surface area (Å²) < 4.78 is 27.6. The smallest absolute Gasteiger partial charge is 0.321 e. The lowest BCUT2D eigenvalue weighted by Crippen LogP contribution is -2.45. The zero-order chi connectivity index (χ0) is 13.1. The molecule has 0 aliphatic carbocycles. The van der Waals surface area contributed by atoms with Gasteiger partial charge in [-0.2, -0.15) is 0 Å². The molecule has 1 fully saturated rings. The van der Waals surface area contributed by atoms with Gasteiger partial charge in [-0.1, -0.05) is 0 Å². The first-order valence-corrected chi connectivity index (χ1v) is 7.58. The van der Waals surface area contributed by atoms with Crippen LogP contribution in [0, 0.1) is 0 Å². The first-order valence-electron chi connectivity index (χ1n) is 4.69. The van der Waals surface area contributed by atoms with Crippen molar-refractivity contribution in [2.45, 2.75) is 12.1 Å².